The van der Waals surface area contributed by atoms with E-state index in [2.05, 4.69) is 0 Å². The van der Waals surface area contributed by atoms with E-state index in [4.69, 9.17) is 10.8 Å². The topological polar surface area (TPSA) is 104 Å². The van der Waals surface area contributed by atoms with E-state index in [9.17, 15) is 19.4 Å². The highest BCUT2D eigenvalue weighted by molar-refractivity contribution is 5.74. The second kappa shape index (κ2) is 5.72. The van der Waals surface area contributed by atoms with Crippen LogP contribution in [0.25, 0.3) is 0 Å². The Hall–Kier alpha value is -1.50. The van der Waals surface area contributed by atoms with Crippen LogP contribution in [-0.4, -0.2) is 27.3 Å². The normalized spacial score (nSPS) is 14.4. The fourth-order valence-corrected chi connectivity index (χ4v) is 1.42. The highest BCUT2D eigenvalue weighted by Crippen LogP contribution is 2.21. The predicted molar refractivity (Wildman–Crippen MR) is 57.1 cm³/mol. The summed E-state index contributed by atoms with van der Waals surface area (Å²) < 4.78 is 13.3. The molecule has 0 fully saturated rings. The molecule has 2 atom stereocenters. The molecule has 2 unspecified atom stereocenters. The van der Waals surface area contributed by atoms with Gasteiger partial charge in [0.25, 0.3) is 0 Å². The summed E-state index contributed by atoms with van der Waals surface area (Å²) in [7, 11) is 0. The lowest BCUT2D eigenvalue weighted by atomic mass is 10.0. The number of aliphatic hydroxyl groups excluding tert-OH is 3. The van der Waals surface area contributed by atoms with Gasteiger partial charge >= 0.3 is 0 Å². The van der Waals surface area contributed by atoms with E-state index < -0.39 is 37.0 Å². The van der Waals surface area contributed by atoms with Gasteiger partial charge in [-0.2, -0.15) is 0 Å². The monoisotopic (exact) mass is 243 g/mol. The van der Waals surface area contributed by atoms with Crippen molar-refractivity contribution < 1.29 is 24.5 Å². The van der Waals surface area contributed by atoms with Crippen LogP contribution in [0.1, 0.15) is 23.7 Å². The van der Waals surface area contributed by atoms with Crippen molar-refractivity contribution in [2.45, 2.75) is 25.2 Å². The largest absolute Gasteiger partial charge is 0.392 e. The maximum atomic E-state index is 13.3. The summed E-state index contributed by atoms with van der Waals surface area (Å²) in [5.74, 6) is -1.45. The number of hydrogen-bond acceptors (Lipinski definition) is 4. The minimum absolute atomic E-state index is 0.0883. The molecule has 1 aromatic carbocycles. The molecule has 0 aliphatic heterocycles. The van der Waals surface area contributed by atoms with Gasteiger partial charge in [-0.05, 0) is 11.6 Å². The van der Waals surface area contributed by atoms with Crippen LogP contribution in [0.4, 0.5) is 4.39 Å². The summed E-state index contributed by atoms with van der Waals surface area (Å²) >= 11 is 0. The highest BCUT2D eigenvalue weighted by Gasteiger charge is 2.21. The van der Waals surface area contributed by atoms with Crippen LogP contribution in [-0.2, 0) is 11.4 Å². The third-order valence-electron chi connectivity index (χ3n) is 2.36. The maximum Gasteiger partial charge on any atom is 0.220 e. The van der Waals surface area contributed by atoms with Crippen LogP contribution in [0, 0.1) is 5.82 Å². The summed E-state index contributed by atoms with van der Waals surface area (Å²) in [6.45, 7) is -0.452. The van der Waals surface area contributed by atoms with Crippen LogP contribution in [0.2, 0.25) is 0 Å². The number of amides is 1. The fraction of sp³-hybridized carbons (Fsp3) is 0.364. The Morgan fingerprint density at radius 2 is 2.06 bits per heavy atom. The summed E-state index contributed by atoms with van der Waals surface area (Å²) in [4.78, 5) is 10.6. The van der Waals surface area contributed by atoms with E-state index in [1.165, 1.54) is 12.1 Å². The van der Waals surface area contributed by atoms with E-state index in [1.807, 2.05) is 0 Å². The zero-order valence-electron chi connectivity index (χ0n) is 9.01. The fourth-order valence-electron chi connectivity index (χ4n) is 1.42. The highest BCUT2D eigenvalue weighted by atomic mass is 19.1. The van der Waals surface area contributed by atoms with Gasteiger partial charge in [-0.25, -0.2) is 4.39 Å². The van der Waals surface area contributed by atoms with Crippen LogP contribution >= 0.6 is 0 Å². The zero-order valence-corrected chi connectivity index (χ0v) is 9.01. The van der Waals surface area contributed by atoms with Crippen LogP contribution in [0.15, 0.2) is 18.2 Å². The minimum atomic E-state index is -1.40. The SMILES string of the molecule is NC(=O)CC(O)C(O)c1ccc(CO)c(F)c1. The molecule has 6 heteroatoms. The molecule has 0 saturated carbocycles. The first kappa shape index (κ1) is 13.6. The summed E-state index contributed by atoms with van der Waals surface area (Å²) in [6, 6.07) is 3.66. The lowest BCUT2D eigenvalue weighted by Crippen LogP contribution is -2.25. The molecule has 0 aliphatic rings. The quantitative estimate of drug-likeness (QED) is 0.564. The Kier molecular flexibility index (Phi) is 4.56. The molecule has 17 heavy (non-hydrogen) atoms. The number of hydrogen-bond donors (Lipinski definition) is 4. The molecule has 5 nitrogen and oxygen atoms in total. The van der Waals surface area contributed by atoms with Gasteiger partial charge in [0.15, 0.2) is 0 Å². The molecular weight excluding hydrogens is 229 g/mol. The Balaban J connectivity index is 2.85. The second-order valence-corrected chi connectivity index (χ2v) is 3.69. The smallest absolute Gasteiger partial charge is 0.220 e. The van der Waals surface area contributed by atoms with E-state index in [1.54, 1.807) is 0 Å². The molecule has 1 amide bonds. The standard InChI is InChI=1S/C11H14FNO4/c12-8-3-6(1-2-7(8)5-14)11(17)9(15)4-10(13)16/h1-3,9,11,14-15,17H,4-5H2,(H2,13,16). The number of aliphatic hydroxyl groups is 3. The molecule has 5 N–H and O–H groups in total. The van der Waals surface area contributed by atoms with Crippen molar-refractivity contribution in [3.8, 4) is 0 Å². The van der Waals surface area contributed by atoms with Crippen molar-refractivity contribution in [3.63, 3.8) is 0 Å². The average molecular weight is 243 g/mol. The number of benzene rings is 1. The molecule has 1 rings (SSSR count). The Bertz CT molecular complexity index is 410. The van der Waals surface area contributed by atoms with Gasteiger partial charge in [0.2, 0.25) is 5.91 Å². The zero-order chi connectivity index (χ0) is 13.0. The number of nitrogens with two attached hydrogens (primary N) is 1. The maximum absolute atomic E-state index is 13.3. The van der Waals surface area contributed by atoms with Crippen LogP contribution < -0.4 is 5.73 Å². The first-order chi connectivity index (χ1) is 7.95. The van der Waals surface area contributed by atoms with Crippen molar-refractivity contribution in [2.24, 2.45) is 5.73 Å². The third kappa shape index (κ3) is 3.48. The molecule has 0 radical (unpaired) electrons. The van der Waals surface area contributed by atoms with Crippen LogP contribution in [0.5, 0.6) is 0 Å². The van der Waals surface area contributed by atoms with Gasteiger partial charge in [0.1, 0.15) is 11.9 Å². The first-order valence-corrected chi connectivity index (χ1v) is 4.99. The van der Waals surface area contributed by atoms with E-state index in [-0.39, 0.29) is 11.1 Å². The third-order valence-corrected chi connectivity index (χ3v) is 2.36. The Morgan fingerprint density at radius 1 is 1.41 bits per heavy atom. The number of halogens is 1. The lowest BCUT2D eigenvalue weighted by molar-refractivity contribution is -0.121. The molecule has 0 bridgehead atoms. The van der Waals surface area contributed by atoms with Crippen LogP contribution in [0.3, 0.4) is 0 Å². The summed E-state index contributed by atoms with van der Waals surface area (Å²) in [5.41, 5.74) is 5.07. The molecule has 1 aromatic rings. The summed E-state index contributed by atoms with van der Waals surface area (Å²) in [5, 5.41) is 27.8. The molecule has 0 saturated heterocycles. The Labute approximate surface area is 97.3 Å². The number of carbonyl (C=O) groups excluding carboxylic acids is 1. The van der Waals surface area contributed by atoms with Crippen molar-refractivity contribution in [3.05, 3.63) is 35.1 Å². The average Bonchev–Trinajstić information content (AvgIpc) is 2.27. The number of rotatable bonds is 5. The second-order valence-electron chi connectivity index (χ2n) is 3.69. The van der Waals surface area contributed by atoms with Crippen molar-refractivity contribution in [1.82, 2.24) is 0 Å². The van der Waals surface area contributed by atoms with Gasteiger partial charge in [-0.15, -0.1) is 0 Å². The minimum Gasteiger partial charge on any atom is -0.392 e. The van der Waals surface area contributed by atoms with Gasteiger partial charge < -0.3 is 21.1 Å². The van der Waals surface area contributed by atoms with Gasteiger partial charge in [-0.1, -0.05) is 12.1 Å². The molecule has 0 spiro atoms. The number of carbonyl (C=O) groups is 1. The lowest BCUT2D eigenvalue weighted by Gasteiger charge is -2.17. The van der Waals surface area contributed by atoms with Gasteiger partial charge in [0, 0.05) is 5.56 Å². The molecular formula is C11H14FNO4. The van der Waals surface area contributed by atoms with E-state index in [0.29, 0.717) is 0 Å². The van der Waals surface area contributed by atoms with Crippen molar-refractivity contribution >= 4 is 5.91 Å². The molecule has 0 aromatic heterocycles. The molecule has 94 valence electrons. The van der Waals surface area contributed by atoms with Gasteiger partial charge in [-0.3, -0.25) is 4.79 Å². The first-order valence-electron chi connectivity index (χ1n) is 4.99. The van der Waals surface area contributed by atoms with Gasteiger partial charge in [0.05, 0.1) is 19.1 Å². The van der Waals surface area contributed by atoms with E-state index >= 15 is 0 Å². The van der Waals surface area contributed by atoms with Crippen molar-refractivity contribution in [2.75, 3.05) is 0 Å². The van der Waals surface area contributed by atoms with E-state index in [0.717, 1.165) is 6.07 Å². The predicted octanol–water partition coefficient (Wildman–Crippen LogP) is -0.412. The summed E-state index contributed by atoms with van der Waals surface area (Å²) in [6.07, 6.45) is -3.19. The van der Waals surface area contributed by atoms with Crippen molar-refractivity contribution in [1.29, 1.82) is 0 Å². The molecule has 0 heterocycles. The number of primary amides is 1. The molecule has 0 aliphatic carbocycles. The Morgan fingerprint density at radius 3 is 2.53 bits per heavy atom.